The molecule has 4 atom stereocenters. The molecule has 0 bridgehead atoms. The molecule has 61 heavy (non-hydrogen) atoms. The molecule has 366 valence electrons. The zero-order valence-corrected chi connectivity index (χ0v) is 42.1. The van der Waals surface area contributed by atoms with Crippen LogP contribution in [0.2, 0.25) is 0 Å². The molecule has 0 aromatic heterocycles. The fraction of sp³-hybridized carbons (Fsp3) is 1.00. The summed E-state index contributed by atoms with van der Waals surface area (Å²) < 4.78 is 53.7. The van der Waals surface area contributed by atoms with Crippen LogP contribution in [0.15, 0.2) is 0 Å². The van der Waals surface area contributed by atoms with E-state index < -0.39 is 0 Å². The first-order valence-corrected chi connectivity index (χ1v) is 25.3. The normalized spacial score (nSPS) is 24.1. The van der Waals surface area contributed by atoms with Gasteiger partial charge in [-0.25, -0.2) is 0 Å². The summed E-state index contributed by atoms with van der Waals surface area (Å²) in [6.07, 6.45) is 21.2. The molecule has 2 aliphatic carbocycles. The van der Waals surface area contributed by atoms with Gasteiger partial charge in [-0.1, -0.05) is 38.5 Å². The minimum atomic E-state index is 0.344. The van der Waals surface area contributed by atoms with Crippen molar-refractivity contribution in [3.05, 3.63) is 0 Å². The van der Waals surface area contributed by atoms with Gasteiger partial charge in [0.15, 0.2) is 0 Å². The van der Waals surface area contributed by atoms with Crippen LogP contribution >= 0.6 is 0 Å². The van der Waals surface area contributed by atoms with Crippen molar-refractivity contribution in [3.8, 4) is 0 Å². The van der Waals surface area contributed by atoms with E-state index in [1.165, 1.54) is 77.0 Å². The van der Waals surface area contributed by atoms with Crippen molar-refractivity contribution in [2.45, 2.75) is 216 Å². The van der Waals surface area contributed by atoms with Crippen molar-refractivity contribution in [2.24, 2.45) is 29.6 Å². The Balaban J connectivity index is 0.000000366. The predicted octanol–water partition coefficient (Wildman–Crippen LogP) is 11.5. The highest BCUT2D eigenvalue weighted by Gasteiger charge is 2.19. The fourth-order valence-electron chi connectivity index (χ4n) is 7.65. The van der Waals surface area contributed by atoms with E-state index in [4.69, 9.17) is 47.4 Å². The van der Waals surface area contributed by atoms with E-state index >= 15 is 0 Å². The van der Waals surface area contributed by atoms with Crippen molar-refractivity contribution < 1.29 is 47.4 Å². The highest BCUT2D eigenvalue weighted by atomic mass is 16.6. The zero-order valence-electron chi connectivity index (χ0n) is 42.1. The molecule has 4 unspecified atom stereocenters. The minimum absolute atomic E-state index is 0.344. The summed E-state index contributed by atoms with van der Waals surface area (Å²) in [7, 11) is 0. The Kier molecular flexibility index (Phi) is 37.3. The fourth-order valence-corrected chi connectivity index (χ4v) is 7.65. The summed E-state index contributed by atoms with van der Waals surface area (Å²) in [5.74, 6) is 3.93. The van der Waals surface area contributed by atoms with Gasteiger partial charge in [0.05, 0.1) is 75.8 Å². The smallest absolute Gasteiger partial charge is 0.0833 e. The van der Waals surface area contributed by atoms with E-state index in [1.807, 2.05) is 0 Å². The number of hydrogen-bond acceptors (Lipinski definition) is 10. The van der Waals surface area contributed by atoms with Gasteiger partial charge < -0.3 is 47.4 Å². The van der Waals surface area contributed by atoms with Gasteiger partial charge in [-0.15, -0.1) is 0 Å². The van der Waals surface area contributed by atoms with Crippen LogP contribution in [-0.2, 0) is 47.4 Å². The molecular weight excluding hydrogens is 773 g/mol. The van der Waals surface area contributed by atoms with Crippen molar-refractivity contribution in [2.75, 3.05) is 85.9 Å². The van der Waals surface area contributed by atoms with Crippen LogP contribution < -0.4 is 0 Å². The highest BCUT2D eigenvalue weighted by Crippen LogP contribution is 2.27. The van der Waals surface area contributed by atoms with Gasteiger partial charge >= 0.3 is 0 Å². The minimum Gasteiger partial charge on any atom is -0.381 e. The Labute approximate surface area is 377 Å². The van der Waals surface area contributed by atoms with Crippen molar-refractivity contribution in [1.82, 2.24) is 0 Å². The maximum absolute atomic E-state index is 5.53. The maximum Gasteiger partial charge on any atom is 0.0833 e. The van der Waals surface area contributed by atoms with Gasteiger partial charge in [-0.3, -0.25) is 0 Å². The number of rotatable bonds is 19. The third-order valence-electron chi connectivity index (χ3n) is 11.3. The summed E-state index contributed by atoms with van der Waals surface area (Å²) >= 11 is 0. The lowest BCUT2D eigenvalue weighted by molar-refractivity contribution is 0.00285. The second-order valence-corrected chi connectivity index (χ2v) is 19.7. The highest BCUT2D eigenvalue weighted by molar-refractivity contribution is 4.68. The number of hydrogen-bond donors (Lipinski definition) is 0. The van der Waals surface area contributed by atoms with E-state index in [-0.39, 0.29) is 0 Å². The standard InChI is InChI=1S/C10H20O.C9H18O2.C9H18O.2C8H16O2.C7H14O2/c1-9(2)11-8-7-10-5-3-4-6-10;1-8(2)11-6-4-9-3-5-10-7-9;1-8(2)10-7-9-5-3-4-6-9;2*1-7(2)10-6-8-3-4-9-5-8;1-6(2)9-7-3-4-8-5-7/h9-10H,3-8H2,1-2H3;8-9H,3-7H2,1-2H3;8-9H,3-7H2,1-2H3;2*7-8H,3-6H2,1-2H3;6-7H,3-5H2,1-2H3. The maximum atomic E-state index is 5.53. The first kappa shape index (κ1) is 58.6. The Hall–Kier alpha value is -0.400. The SMILES string of the molecule is CC(C)OC1CCOC1.CC(C)OCC1CCCC1.CC(C)OCC1CCOC1.CC(C)OCC1CCOC1.CC(C)OCCC1CCCC1.CC(C)OCCC1CCOC1. The summed E-state index contributed by atoms with van der Waals surface area (Å²) in [6, 6.07) is 0. The van der Waals surface area contributed by atoms with Gasteiger partial charge in [0.25, 0.3) is 0 Å². The van der Waals surface area contributed by atoms with E-state index in [2.05, 4.69) is 83.1 Å². The molecule has 10 nitrogen and oxygen atoms in total. The lowest BCUT2D eigenvalue weighted by atomic mass is 10.1. The average Bonchev–Trinajstić information content (AvgIpc) is 4.06. The molecule has 4 heterocycles. The third kappa shape index (κ3) is 37.5. The molecule has 4 aliphatic heterocycles. The Morgan fingerprint density at radius 1 is 0.344 bits per heavy atom. The second-order valence-electron chi connectivity index (χ2n) is 19.7. The van der Waals surface area contributed by atoms with Gasteiger partial charge in [-0.2, -0.15) is 0 Å². The Bertz CT molecular complexity index is 812. The number of ether oxygens (including phenoxy) is 10. The van der Waals surface area contributed by atoms with E-state index in [0.717, 1.165) is 116 Å². The molecule has 6 aliphatic rings. The van der Waals surface area contributed by atoms with Crippen molar-refractivity contribution in [3.63, 3.8) is 0 Å². The summed E-state index contributed by atoms with van der Waals surface area (Å²) in [4.78, 5) is 0. The van der Waals surface area contributed by atoms with Crippen LogP contribution in [0.3, 0.4) is 0 Å². The van der Waals surface area contributed by atoms with Gasteiger partial charge in [0.1, 0.15) is 0 Å². The molecule has 0 amide bonds. The van der Waals surface area contributed by atoms with Crippen LogP contribution in [-0.4, -0.2) is 129 Å². The lowest BCUT2D eigenvalue weighted by Gasteiger charge is -2.12. The summed E-state index contributed by atoms with van der Waals surface area (Å²) in [5, 5.41) is 0. The molecular formula is C51H102O10. The first-order valence-electron chi connectivity index (χ1n) is 25.3. The van der Waals surface area contributed by atoms with Crippen molar-refractivity contribution in [1.29, 1.82) is 0 Å². The van der Waals surface area contributed by atoms with Gasteiger partial charge in [0, 0.05) is 64.7 Å². The quantitative estimate of drug-likeness (QED) is 0.125. The van der Waals surface area contributed by atoms with E-state index in [0.29, 0.717) is 54.6 Å². The predicted molar refractivity (Wildman–Crippen MR) is 251 cm³/mol. The van der Waals surface area contributed by atoms with E-state index in [9.17, 15) is 0 Å². The molecule has 0 radical (unpaired) electrons. The van der Waals surface area contributed by atoms with Crippen LogP contribution in [0.5, 0.6) is 0 Å². The second kappa shape index (κ2) is 38.8. The monoisotopic (exact) mass is 875 g/mol. The molecule has 0 spiro atoms. The third-order valence-corrected chi connectivity index (χ3v) is 11.3. The van der Waals surface area contributed by atoms with Gasteiger partial charge in [-0.05, 0) is 152 Å². The van der Waals surface area contributed by atoms with Crippen LogP contribution in [0.4, 0.5) is 0 Å². The van der Waals surface area contributed by atoms with Gasteiger partial charge in [0.2, 0.25) is 0 Å². The molecule has 4 saturated heterocycles. The lowest BCUT2D eigenvalue weighted by Crippen LogP contribution is -2.17. The van der Waals surface area contributed by atoms with Crippen molar-refractivity contribution >= 4 is 0 Å². The molecule has 2 saturated carbocycles. The summed E-state index contributed by atoms with van der Waals surface area (Å²) in [5.41, 5.74) is 0. The Morgan fingerprint density at radius 2 is 0.689 bits per heavy atom. The average molecular weight is 875 g/mol. The molecule has 0 aromatic carbocycles. The van der Waals surface area contributed by atoms with Crippen LogP contribution in [0.25, 0.3) is 0 Å². The van der Waals surface area contributed by atoms with E-state index in [1.54, 1.807) is 0 Å². The zero-order chi connectivity index (χ0) is 45.1. The topological polar surface area (TPSA) is 92.3 Å². The molecule has 0 N–H and O–H groups in total. The molecule has 0 aromatic rings. The molecule has 10 heteroatoms. The van der Waals surface area contributed by atoms with Crippen LogP contribution in [0.1, 0.15) is 173 Å². The molecule has 6 fully saturated rings. The summed E-state index contributed by atoms with van der Waals surface area (Å²) in [6.45, 7) is 36.7. The largest absolute Gasteiger partial charge is 0.381 e. The molecule has 6 rings (SSSR count). The van der Waals surface area contributed by atoms with Crippen LogP contribution in [0, 0.1) is 29.6 Å². The first-order chi connectivity index (χ1) is 29.2. The Morgan fingerprint density at radius 3 is 1.03 bits per heavy atom.